The van der Waals surface area contributed by atoms with Gasteiger partial charge in [-0.2, -0.15) is 0 Å². The summed E-state index contributed by atoms with van der Waals surface area (Å²) in [5.74, 6) is -1.62. The summed E-state index contributed by atoms with van der Waals surface area (Å²) in [7, 11) is 1.79. The zero-order chi connectivity index (χ0) is 19.7. The summed E-state index contributed by atoms with van der Waals surface area (Å²) in [5, 5.41) is 11.4. The minimum absolute atomic E-state index is 0.0846. The molecule has 0 saturated heterocycles. The standard InChI is InChI=1S/C20H21FN2O3S/c1-12(2)9-23-11-15(20(25)26)19(24)14-7-16(21)18(8-17(14)23)22(3)10-13-5-4-6-27-13/h4-8,11-12H,9-10H2,1-3H3,(H,25,26). The fourth-order valence-corrected chi connectivity index (χ4v) is 3.87. The van der Waals surface area contributed by atoms with Crippen LogP contribution in [-0.4, -0.2) is 22.7 Å². The monoisotopic (exact) mass is 388 g/mol. The van der Waals surface area contributed by atoms with Crippen molar-refractivity contribution in [2.45, 2.75) is 26.9 Å². The molecule has 0 atom stereocenters. The number of aromatic carboxylic acids is 1. The van der Waals surface area contributed by atoms with Gasteiger partial charge in [-0.15, -0.1) is 11.3 Å². The lowest BCUT2D eigenvalue weighted by Gasteiger charge is -2.21. The van der Waals surface area contributed by atoms with E-state index in [9.17, 15) is 19.1 Å². The molecule has 0 saturated carbocycles. The molecule has 0 unspecified atom stereocenters. The van der Waals surface area contributed by atoms with Gasteiger partial charge < -0.3 is 14.6 Å². The molecule has 2 aromatic heterocycles. The van der Waals surface area contributed by atoms with Crippen molar-refractivity contribution < 1.29 is 14.3 Å². The van der Waals surface area contributed by atoms with Crippen LogP contribution in [0.5, 0.6) is 0 Å². The van der Waals surface area contributed by atoms with Crippen molar-refractivity contribution in [3.05, 3.63) is 62.3 Å². The van der Waals surface area contributed by atoms with E-state index in [1.807, 2.05) is 31.4 Å². The van der Waals surface area contributed by atoms with Crippen molar-refractivity contribution in [2.75, 3.05) is 11.9 Å². The van der Waals surface area contributed by atoms with Gasteiger partial charge in [-0.25, -0.2) is 9.18 Å². The van der Waals surface area contributed by atoms with Gasteiger partial charge in [0.2, 0.25) is 5.43 Å². The van der Waals surface area contributed by atoms with Crippen LogP contribution in [0.2, 0.25) is 0 Å². The van der Waals surface area contributed by atoms with Gasteiger partial charge in [0.25, 0.3) is 0 Å². The molecule has 0 aliphatic carbocycles. The summed E-state index contributed by atoms with van der Waals surface area (Å²) in [6, 6.07) is 6.71. The SMILES string of the molecule is CC(C)Cn1cc(C(=O)O)c(=O)c2cc(F)c(N(C)Cc3cccs3)cc21. The predicted octanol–water partition coefficient (Wildman–Crippen LogP) is 4.19. The van der Waals surface area contributed by atoms with E-state index in [1.165, 1.54) is 6.20 Å². The van der Waals surface area contributed by atoms with Crippen LogP contribution in [0.3, 0.4) is 0 Å². The number of nitrogens with zero attached hydrogens (tertiary/aromatic N) is 2. The number of carbonyl (C=O) groups is 1. The van der Waals surface area contributed by atoms with Crippen LogP contribution in [0.25, 0.3) is 10.9 Å². The Morgan fingerprint density at radius 2 is 2.11 bits per heavy atom. The molecule has 1 N–H and O–H groups in total. The summed E-state index contributed by atoms with van der Waals surface area (Å²) in [4.78, 5) is 26.8. The molecule has 5 nitrogen and oxygen atoms in total. The molecule has 3 rings (SSSR count). The maximum Gasteiger partial charge on any atom is 0.341 e. The third-order valence-electron chi connectivity index (χ3n) is 4.33. The Kier molecular flexibility index (Phi) is 5.32. The van der Waals surface area contributed by atoms with E-state index in [0.29, 0.717) is 24.3 Å². The number of rotatable bonds is 6. The van der Waals surface area contributed by atoms with Gasteiger partial charge >= 0.3 is 5.97 Å². The highest BCUT2D eigenvalue weighted by Crippen LogP contribution is 2.27. The highest BCUT2D eigenvalue weighted by Gasteiger charge is 2.19. The minimum atomic E-state index is -1.31. The first-order chi connectivity index (χ1) is 12.8. The summed E-state index contributed by atoms with van der Waals surface area (Å²) in [6.45, 7) is 5.06. The lowest BCUT2D eigenvalue weighted by molar-refractivity contribution is 0.0694. The van der Waals surface area contributed by atoms with E-state index in [0.717, 1.165) is 10.9 Å². The predicted molar refractivity (Wildman–Crippen MR) is 106 cm³/mol. The minimum Gasteiger partial charge on any atom is -0.477 e. The zero-order valence-electron chi connectivity index (χ0n) is 15.4. The summed E-state index contributed by atoms with van der Waals surface area (Å²) >= 11 is 1.59. The topological polar surface area (TPSA) is 62.5 Å². The average Bonchev–Trinajstić information content (AvgIpc) is 3.09. The number of hydrogen-bond donors (Lipinski definition) is 1. The van der Waals surface area contributed by atoms with Crippen molar-refractivity contribution in [1.82, 2.24) is 4.57 Å². The normalized spacial score (nSPS) is 11.3. The molecule has 0 radical (unpaired) electrons. The first-order valence-electron chi connectivity index (χ1n) is 8.61. The summed E-state index contributed by atoms with van der Waals surface area (Å²) in [5.41, 5.74) is -0.102. The maximum absolute atomic E-state index is 14.8. The Balaban J connectivity index is 2.18. The number of fused-ring (bicyclic) bond motifs is 1. The average molecular weight is 388 g/mol. The van der Waals surface area contributed by atoms with Crippen molar-refractivity contribution in [3.8, 4) is 0 Å². The Labute approximate surface area is 160 Å². The van der Waals surface area contributed by atoms with Gasteiger partial charge in [0.05, 0.1) is 17.7 Å². The van der Waals surface area contributed by atoms with E-state index >= 15 is 0 Å². The fourth-order valence-electron chi connectivity index (χ4n) is 3.11. The van der Waals surface area contributed by atoms with E-state index in [2.05, 4.69) is 0 Å². The van der Waals surface area contributed by atoms with Crippen molar-refractivity contribution in [3.63, 3.8) is 0 Å². The Hall–Kier alpha value is -2.67. The first-order valence-corrected chi connectivity index (χ1v) is 9.49. The van der Waals surface area contributed by atoms with Crippen LogP contribution >= 0.6 is 11.3 Å². The quantitative estimate of drug-likeness (QED) is 0.688. The first kappa shape index (κ1) is 19.1. The number of pyridine rings is 1. The second kappa shape index (κ2) is 7.52. The van der Waals surface area contributed by atoms with Gasteiger partial charge in [0.1, 0.15) is 11.4 Å². The van der Waals surface area contributed by atoms with E-state index in [1.54, 1.807) is 33.9 Å². The molecule has 0 spiro atoms. The molecule has 142 valence electrons. The fraction of sp³-hybridized carbons (Fsp3) is 0.300. The number of aromatic nitrogens is 1. The Bertz CT molecular complexity index is 1040. The van der Waals surface area contributed by atoms with Gasteiger partial charge in [-0.3, -0.25) is 4.79 Å². The van der Waals surface area contributed by atoms with Gasteiger partial charge in [0.15, 0.2) is 0 Å². The third kappa shape index (κ3) is 3.88. The van der Waals surface area contributed by atoms with Gasteiger partial charge in [0, 0.05) is 30.1 Å². The lowest BCUT2D eigenvalue weighted by atomic mass is 10.1. The second-order valence-electron chi connectivity index (χ2n) is 6.98. The van der Waals surface area contributed by atoms with Gasteiger partial charge in [-0.1, -0.05) is 19.9 Å². The number of halogens is 1. The van der Waals surface area contributed by atoms with E-state index in [-0.39, 0.29) is 16.9 Å². The molecule has 0 aliphatic heterocycles. The molecule has 0 fully saturated rings. The molecular weight excluding hydrogens is 367 g/mol. The zero-order valence-corrected chi connectivity index (χ0v) is 16.2. The van der Waals surface area contributed by atoms with E-state index in [4.69, 9.17) is 0 Å². The number of anilines is 1. The maximum atomic E-state index is 14.8. The van der Waals surface area contributed by atoms with E-state index < -0.39 is 17.2 Å². The van der Waals surface area contributed by atoms with Crippen molar-refractivity contribution in [1.29, 1.82) is 0 Å². The number of thiophene rings is 1. The van der Waals surface area contributed by atoms with Crippen molar-refractivity contribution >= 4 is 33.9 Å². The molecule has 27 heavy (non-hydrogen) atoms. The summed E-state index contributed by atoms with van der Waals surface area (Å²) < 4.78 is 16.5. The van der Waals surface area contributed by atoms with Gasteiger partial charge in [-0.05, 0) is 29.5 Å². The number of benzene rings is 1. The Morgan fingerprint density at radius 3 is 2.70 bits per heavy atom. The molecule has 3 aromatic rings. The number of hydrogen-bond acceptors (Lipinski definition) is 4. The lowest BCUT2D eigenvalue weighted by Crippen LogP contribution is -2.22. The number of carboxylic acids is 1. The highest BCUT2D eigenvalue weighted by atomic mass is 32.1. The van der Waals surface area contributed by atoms with Crippen LogP contribution in [-0.2, 0) is 13.1 Å². The van der Waals surface area contributed by atoms with Crippen LogP contribution in [0, 0.1) is 11.7 Å². The third-order valence-corrected chi connectivity index (χ3v) is 5.19. The summed E-state index contributed by atoms with van der Waals surface area (Å²) in [6.07, 6.45) is 1.36. The molecule has 0 bridgehead atoms. The molecular formula is C20H21FN2O3S. The van der Waals surface area contributed by atoms with Crippen LogP contribution in [0.4, 0.5) is 10.1 Å². The van der Waals surface area contributed by atoms with Crippen LogP contribution < -0.4 is 10.3 Å². The second-order valence-corrected chi connectivity index (χ2v) is 8.01. The molecule has 1 aromatic carbocycles. The molecule has 7 heteroatoms. The molecule has 0 amide bonds. The molecule has 2 heterocycles. The van der Waals surface area contributed by atoms with Crippen molar-refractivity contribution in [2.24, 2.45) is 5.92 Å². The number of carboxylic acid groups (broad SMARTS) is 1. The largest absolute Gasteiger partial charge is 0.477 e. The van der Waals surface area contributed by atoms with Crippen LogP contribution in [0.15, 0.2) is 40.6 Å². The smallest absolute Gasteiger partial charge is 0.341 e. The molecule has 0 aliphatic rings. The highest BCUT2D eigenvalue weighted by molar-refractivity contribution is 7.09. The Morgan fingerprint density at radius 1 is 1.37 bits per heavy atom. The van der Waals surface area contributed by atoms with Crippen LogP contribution in [0.1, 0.15) is 29.1 Å².